The molecule has 0 aliphatic carbocycles. The minimum absolute atomic E-state index is 0.0428. The minimum atomic E-state index is -0.877. The van der Waals surface area contributed by atoms with Gasteiger partial charge in [-0.1, -0.05) is 53.1 Å². The van der Waals surface area contributed by atoms with Gasteiger partial charge in [-0.25, -0.2) is 0 Å². The number of nitriles is 1. The fourth-order valence-electron chi connectivity index (χ4n) is 4.21. The van der Waals surface area contributed by atoms with E-state index in [1.807, 2.05) is 45.0 Å². The molecule has 2 aromatic carbocycles. The van der Waals surface area contributed by atoms with Gasteiger partial charge in [-0.2, -0.15) is 5.26 Å². The van der Waals surface area contributed by atoms with Gasteiger partial charge >= 0.3 is 0 Å². The summed E-state index contributed by atoms with van der Waals surface area (Å²) in [5, 5.41) is 9.68. The summed E-state index contributed by atoms with van der Waals surface area (Å²) in [4.78, 5) is 29.9. The highest BCUT2D eigenvalue weighted by Gasteiger charge is 2.50. The molecule has 1 aliphatic heterocycles. The van der Waals surface area contributed by atoms with Crippen LogP contribution in [0.15, 0.2) is 42.5 Å². The molecule has 1 unspecified atom stereocenters. The van der Waals surface area contributed by atoms with Crippen LogP contribution >= 0.6 is 11.6 Å². The molecule has 1 atom stereocenters. The monoisotopic (exact) mass is 437 g/mol. The second-order valence-corrected chi connectivity index (χ2v) is 8.94. The van der Waals surface area contributed by atoms with E-state index in [1.165, 1.54) is 0 Å². The largest absolute Gasteiger partial charge is 0.335 e. The highest BCUT2D eigenvalue weighted by molar-refractivity contribution is 6.30. The molecular formula is C25H28ClN3O2. The standard InChI is InChI=1S/C25H28ClN3O2/c1-18-13-19(2)15-21(14-18)16-23(30)29-12-9-25(29,3)24(31)28(11-4-10-27)17-20-5-7-22(26)8-6-20/h5-8,13-15H,4,9,11-12,16-17H2,1-3H3. The van der Waals surface area contributed by atoms with Crippen molar-refractivity contribution in [2.75, 3.05) is 13.1 Å². The van der Waals surface area contributed by atoms with Gasteiger partial charge in [-0.05, 0) is 50.5 Å². The van der Waals surface area contributed by atoms with Crippen molar-refractivity contribution in [2.45, 2.75) is 52.1 Å². The van der Waals surface area contributed by atoms with Gasteiger partial charge in [0.15, 0.2) is 0 Å². The molecule has 1 aliphatic rings. The van der Waals surface area contributed by atoms with Crippen LogP contribution in [0.2, 0.25) is 5.02 Å². The summed E-state index contributed by atoms with van der Waals surface area (Å²) in [6.45, 7) is 7.14. The molecule has 6 heteroatoms. The zero-order valence-electron chi connectivity index (χ0n) is 18.3. The topological polar surface area (TPSA) is 64.4 Å². The molecule has 0 bridgehead atoms. The third-order valence-electron chi connectivity index (χ3n) is 5.88. The fraction of sp³-hybridized carbons (Fsp3) is 0.400. The lowest BCUT2D eigenvalue weighted by atomic mass is 9.84. The smallest absolute Gasteiger partial charge is 0.248 e. The molecule has 3 rings (SSSR count). The first kappa shape index (κ1) is 22.8. The Hall–Kier alpha value is -2.84. The molecule has 1 fully saturated rings. The summed E-state index contributed by atoms with van der Waals surface area (Å²) in [6, 6.07) is 15.6. The Morgan fingerprint density at radius 1 is 1.13 bits per heavy atom. The normalized spacial score (nSPS) is 17.6. The molecule has 0 saturated carbocycles. The first-order valence-electron chi connectivity index (χ1n) is 10.5. The number of hydrogen-bond donors (Lipinski definition) is 0. The molecule has 162 valence electrons. The molecule has 2 amide bonds. The molecular weight excluding hydrogens is 410 g/mol. The van der Waals surface area contributed by atoms with Crippen LogP contribution in [0, 0.1) is 25.2 Å². The SMILES string of the molecule is Cc1cc(C)cc(CC(=O)N2CCC2(C)C(=O)N(CCC#N)Cc2ccc(Cl)cc2)c1. The number of carbonyl (C=O) groups excluding carboxylic acids is 2. The van der Waals surface area contributed by atoms with Crippen molar-refractivity contribution < 1.29 is 9.59 Å². The van der Waals surface area contributed by atoms with Crippen molar-refractivity contribution in [3.8, 4) is 6.07 Å². The van der Waals surface area contributed by atoms with Crippen LogP contribution in [0.5, 0.6) is 0 Å². The number of halogens is 1. The van der Waals surface area contributed by atoms with Crippen molar-refractivity contribution in [2.24, 2.45) is 0 Å². The van der Waals surface area contributed by atoms with E-state index in [9.17, 15) is 9.59 Å². The Kier molecular flexibility index (Phi) is 7.02. The first-order valence-corrected chi connectivity index (χ1v) is 10.9. The average Bonchev–Trinajstić information content (AvgIpc) is 2.69. The van der Waals surface area contributed by atoms with E-state index in [0.29, 0.717) is 31.1 Å². The maximum absolute atomic E-state index is 13.5. The van der Waals surface area contributed by atoms with E-state index in [-0.39, 0.29) is 24.7 Å². The Morgan fingerprint density at radius 3 is 2.32 bits per heavy atom. The predicted molar refractivity (Wildman–Crippen MR) is 121 cm³/mol. The number of carbonyl (C=O) groups is 2. The van der Waals surface area contributed by atoms with Crippen LogP contribution < -0.4 is 0 Å². The number of likely N-dealkylation sites (tertiary alicyclic amines) is 1. The second kappa shape index (κ2) is 9.53. The Bertz CT molecular complexity index is 992. The van der Waals surface area contributed by atoms with Crippen LogP contribution in [0.25, 0.3) is 0 Å². The van der Waals surface area contributed by atoms with E-state index in [0.717, 1.165) is 22.3 Å². The van der Waals surface area contributed by atoms with Crippen LogP contribution in [-0.2, 0) is 22.6 Å². The van der Waals surface area contributed by atoms with Gasteiger partial charge < -0.3 is 9.80 Å². The zero-order chi connectivity index (χ0) is 22.6. The number of hydrogen-bond acceptors (Lipinski definition) is 3. The summed E-state index contributed by atoms with van der Waals surface area (Å²) < 4.78 is 0. The number of aryl methyl sites for hydroxylation is 2. The first-order chi connectivity index (χ1) is 14.7. The quantitative estimate of drug-likeness (QED) is 0.643. The highest BCUT2D eigenvalue weighted by Crippen LogP contribution is 2.33. The van der Waals surface area contributed by atoms with Crippen LogP contribution in [0.1, 0.15) is 42.0 Å². The van der Waals surface area contributed by atoms with Gasteiger partial charge in [0.2, 0.25) is 11.8 Å². The summed E-state index contributed by atoms with van der Waals surface area (Å²) in [5.74, 6) is -0.156. The summed E-state index contributed by atoms with van der Waals surface area (Å²) in [5.41, 5.74) is 3.27. The van der Waals surface area contributed by atoms with Crippen LogP contribution in [0.4, 0.5) is 0 Å². The molecule has 0 aromatic heterocycles. The maximum atomic E-state index is 13.5. The summed E-state index contributed by atoms with van der Waals surface area (Å²) in [7, 11) is 0. The maximum Gasteiger partial charge on any atom is 0.248 e. The molecule has 0 radical (unpaired) electrons. The van der Waals surface area contributed by atoms with Gasteiger partial charge in [-0.15, -0.1) is 0 Å². The molecule has 2 aromatic rings. The van der Waals surface area contributed by atoms with Crippen molar-refractivity contribution in [1.82, 2.24) is 9.80 Å². The van der Waals surface area contributed by atoms with Crippen LogP contribution in [0.3, 0.4) is 0 Å². The Morgan fingerprint density at radius 2 is 1.77 bits per heavy atom. The number of amides is 2. The van der Waals surface area contributed by atoms with Crippen LogP contribution in [-0.4, -0.2) is 40.2 Å². The highest BCUT2D eigenvalue weighted by atomic mass is 35.5. The van der Waals surface area contributed by atoms with Gasteiger partial charge in [-0.3, -0.25) is 9.59 Å². The number of rotatable bonds is 7. The predicted octanol–water partition coefficient (Wildman–Crippen LogP) is 4.43. The Balaban J connectivity index is 1.75. The molecule has 1 saturated heterocycles. The van der Waals surface area contributed by atoms with Crippen molar-refractivity contribution in [3.63, 3.8) is 0 Å². The van der Waals surface area contributed by atoms with E-state index < -0.39 is 5.54 Å². The lowest BCUT2D eigenvalue weighted by molar-refractivity contribution is -0.164. The lowest BCUT2D eigenvalue weighted by Crippen LogP contribution is -2.68. The zero-order valence-corrected chi connectivity index (χ0v) is 19.1. The lowest BCUT2D eigenvalue weighted by Gasteiger charge is -2.51. The van der Waals surface area contributed by atoms with Gasteiger partial charge in [0.1, 0.15) is 5.54 Å². The molecule has 1 heterocycles. The summed E-state index contributed by atoms with van der Waals surface area (Å²) in [6.07, 6.45) is 1.14. The fourth-order valence-corrected chi connectivity index (χ4v) is 4.34. The minimum Gasteiger partial charge on any atom is -0.335 e. The third-order valence-corrected chi connectivity index (χ3v) is 6.14. The van der Waals surface area contributed by atoms with Gasteiger partial charge in [0.05, 0.1) is 18.9 Å². The number of nitrogens with zero attached hydrogens (tertiary/aromatic N) is 3. The van der Waals surface area contributed by atoms with E-state index in [4.69, 9.17) is 16.9 Å². The van der Waals surface area contributed by atoms with E-state index in [1.54, 1.807) is 21.9 Å². The number of benzene rings is 2. The van der Waals surface area contributed by atoms with Gasteiger partial charge in [0.25, 0.3) is 0 Å². The van der Waals surface area contributed by atoms with Crippen molar-refractivity contribution in [1.29, 1.82) is 5.26 Å². The average molecular weight is 438 g/mol. The van der Waals surface area contributed by atoms with Crippen molar-refractivity contribution >= 4 is 23.4 Å². The summed E-state index contributed by atoms with van der Waals surface area (Å²) >= 11 is 5.97. The van der Waals surface area contributed by atoms with Gasteiger partial charge in [0, 0.05) is 24.7 Å². The van der Waals surface area contributed by atoms with E-state index >= 15 is 0 Å². The second-order valence-electron chi connectivity index (χ2n) is 8.50. The Labute approximate surface area is 189 Å². The third kappa shape index (κ3) is 5.26. The molecule has 0 N–H and O–H groups in total. The molecule has 31 heavy (non-hydrogen) atoms. The van der Waals surface area contributed by atoms with Crippen molar-refractivity contribution in [3.05, 3.63) is 69.7 Å². The molecule has 5 nitrogen and oxygen atoms in total. The van der Waals surface area contributed by atoms with E-state index in [2.05, 4.69) is 12.1 Å². The molecule has 0 spiro atoms.